The van der Waals surface area contributed by atoms with Gasteiger partial charge in [-0.15, -0.1) is 0 Å². The first-order valence-electron chi connectivity index (χ1n) is 11.0. The van der Waals surface area contributed by atoms with Crippen LogP contribution in [-0.2, 0) is 9.53 Å². The number of aliphatic hydroxyl groups excluding tert-OH is 1. The van der Waals surface area contributed by atoms with Gasteiger partial charge in [0.1, 0.15) is 0 Å². The molecule has 2 aliphatic rings. The fraction of sp³-hybridized carbons (Fsp3) is 0.417. The minimum absolute atomic E-state index is 0.0110. The highest BCUT2D eigenvalue weighted by molar-refractivity contribution is 6.15. The van der Waals surface area contributed by atoms with Crippen LogP contribution in [0.5, 0.6) is 11.5 Å². The number of hydrogen-bond donors (Lipinski definition) is 1. The molecule has 2 aromatic rings. The summed E-state index contributed by atoms with van der Waals surface area (Å²) >= 11 is 0. The van der Waals surface area contributed by atoms with E-state index in [0.29, 0.717) is 50.0 Å². The summed E-state index contributed by atoms with van der Waals surface area (Å²) in [6.07, 6.45) is 1.38. The second kappa shape index (κ2) is 10.1. The van der Waals surface area contributed by atoms with E-state index >= 15 is 0 Å². The van der Waals surface area contributed by atoms with Crippen LogP contribution >= 0.6 is 0 Å². The van der Waals surface area contributed by atoms with Crippen molar-refractivity contribution in [2.24, 2.45) is 0 Å². The number of aliphatic hydroxyl groups is 1. The van der Waals surface area contributed by atoms with E-state index in [2.05, 4.69) is 4.90 Å². The van der Waals surface area contributed by atoms with Crippen LogP contribution in [0.4, 0.5) is 0 Å². The molecule has 1 amide bonds. The highest BCUT2D eigenvalue weighted by atomic mass is 16.5. The first-order valence-corrected chi connectivity index (χ1v) is 11.0. The fourth-order valence-electron chi connectivity index (χ4n) is 4.21. The van der Waals surface area contributed by atoms with E-state index in [-0.39, 0.29) is 11.3 Å². The average molecular weight is 456 g/mol. The second-order valence-electron chi connectivity index (χ2n) is 7.77. The summed E-state index contributed by atoms with van der Waals surface area (Å²) in [5.41, 5.74) is 0.618. The SMILES string of the molecule is CCOc1ccc([C@@H]2C(C(=O)c3ccco3)=C(O)C(=O)N2CCN2CCOCC2)cc1OC. The lowest BCUT2D eigenvalue weighted by Crippen LogP contribution is -2.43. The predicted octanol–water partition coefficient (Wildman–Crippen LogP) is 2.60. The zero-order valence-corrected chi connectivity index (χ0v) is 18.8. The summed E-state index contributed by atoms with van der Waals surface area (Å²) in [5.74, 6) is -0.585. The Morgan fingerprint density at radius 2 is 1.97 bits per heavy atom. The second-order valence-corrected chi connectivity index (χ2v) is 7.77. The monoisotopic (exact) mass is 456 g/mol. The number of hydrogen-bond acceptors (Lipinski definition) is 8. The summed E-state index contributed by atoms with van der Waals surface area (Å²) in [4.78, 5) is 30.1. The molecular weight excluding hydrogens is 428 g/mol. The van der Waals surface area contributed by atoms with Crippen molar-refractivity contribution in [2.75, 3.05) is 53.1 Å². The first kappa shape index (κ1) is 22.9. The molecule has 1 aromatic carbocycles. The minimum Gasteiger partial charge on any atom is -0.503 e. The number of rotatable bonds is 9. The number of amides is 1. The molecule has 4 rings (SSSR count). The molecule has 1 saturated heterocycles. The first-order chi connectivity index (χ1) is 16.0. The van der Waals surface area contributed by atoms with Gasteiger partial charge < -0.3 is 28.6 Å². The van der Waals surface area contributed by atoms with Crippen LogP contribution in [-0.4, -0.2) is 79.7 Å². The van der Waals surface area contributed by atoms with E-state index in [1.54, 1.807) is 24.3 Å². The number of morpholine rings is 1. The van der Waals surface area contributed by atoms with Gasteiger partial charge in [0.2, 0.25) is 5.78 Å². The van der Waals surface area contributed by atoms with Crippen LogP contribution in [0.1, 0.15) is 29.1 Å². The number of ether oxygens (including phenoxy) is 3. The predicted molar refractivity (Wildman–Crippen MR) is 119 cm³/mol. The summed E-state index contributed by atoms with van der Waals surface area (Å²) in [7, 11) is 1.53. The van der Waals surface area contributed by atoms with E-state index in [1.807, 2.05) is 6.92 Å². The average Bonchev–Trinajstić information content (AvgIpc) is 3.46. The van der Waals surface area contributed by atoms with E-state index in [9.17, 15) is 14.7 Å². The number of benzene rings is 1. The lowest BCUT2D eigenvalue weighted by Gasteiger charge is -2.31. The van der Waals surface area contributed by atoms with Gasteiger partial charge in [-0.25, -0.2) is 0 Å². The Hall–Kier alpha value is -3.30. The summed E-state index contributed by atoms with van der Waals surface area (Å²) in [6, 6.07) is 7.57. The molecule has 3 heterocycles. The number of carbonyl (C=O) groups excluding carboxylic acids is 2. The molecule has 0 saturated carbocycles. The molecule has 9 heteroatoms. The van der Waals surface area contributed by atoms with Crippen LogP contribution in [0.15, 0.2) is 52.3 Å². The zero-order chi connectivity index (χ0) is 23.4. The lowest BCUT2D eigenvalue weighted by molar-refractivity contribution is -0.129. The van der Waals surface area contributed by atoms with Crippen LogP contribution in [0.25, 0.3) is 0 Å². The molecule has 0 aliphatic carbocycles. The molecule has 0 bridgehead atoms. The van der Waals surface area contributed by atoms with Gasteiger partial charge in [-0.3, -0.25) is 14.5 Å². The number of furan rings is 1. The summed E-state index contributed by atoms with van der Waals surface area (Å²) in [5, 5.41) is 10.8. The summed E-state index contributed by atoms with van der Waals surface area (Å²) < 4.78 is 21.8. The number of Topliss-reactive ketones (excluding diaryl/α,β-unsaturated/α-hetero) is 1. The van der Waals surface area contributed by atoms with Gasteiger partial charge in [0.25, 0.3) is 5.91 Å². The van der Waals surface area contributed by atoms with Gasteiger partial charge in [0.15, 0.2) is 23.0 Å². The van der Waals surface area contributed by atoms with Gasteiger partial charge in [-0.1, -0.05) is 6.07 Å². The Kier molecular flexibility index (Phi) is 7.00. The van der Waals surface area contributed by atoms with E-state index < -0.39 is 23.5 Å². The largest absolute Gasteiger partial charge is 0.503 e. The number of nitrogens with zero attached hydrogens (tertiary/aromatic N) is 2. The summed E-state index contributed by atoms with van der Waals surface area (Å²) in [6.45, 7) is 6.07. The zero-order valence-electron chi connectivity index (χ0n) is 18.8. The molecule has 176 valence electrons. The highest BCUT2D eigenvalue weighted by Crippen LogP contribution is 2.41. The standard InChI is InChI=1S/C24H28N2O7/c1-3-32-17-7-6-16(15-19(17)30-2)21-20(22(27)18-5-4-12-33-18)23(28)24(29)26(21)9-8-25-10-13-31-14-11-25/h4-7,12,15,21,28H,3,8-11,13-14H2,1-2H3/t21-/m1/s1. The van der Waals surface area contributed by atoms with Crippen molar-refractivity contribution in [3.05, 3.63) is 59.3 Å². The van der Waals surface area contributed by atoms with Crippen LogP contribution in [0.3, 0.4) is 0 Å². The van der Waals surface area contributed by atoms with Crippen molar-refractivity contribution >= 4 is 11.7 Å². The molecule has 2 aliphatic heterocycles. The van der Waals surface area contributed by atoms with Crippen molar-refractivity contribution in [1.82, 2.24) is 9.80 Å². The van der Waals surface area contributed by atoms with Gasteiger partial charge in [0.05, 0.1) is 44.8 Å². The topological polar surface area (TPSA) is 102 Å². The highest BCUT2D eigenvalue weighted by Gasteiger charge is 2.44. The Labute approximate surface area is 192 Å². The molecular formula is C24H28N2O7. The Morgan fingerprint density at radius 1 is 1.18 bits per heavy atom. The number of carbonyl (C=O) groups is 2. The molecule has 9 nitrogen and oxygen atoms in total. The maximum Gasteiger partial charge on any atom is 0.290 e. The van der Waals surface area contributed by atoms with Crippen molar-refractivity contribution < 1.29 is 33.3 Å². The molecule has 1 fully saturated rings. The van der Waals surface area contributed by atoms with Gasteiger partial charge in [-0.2, -0.15) is 0 Å². The Bertz CT molecular complexity index is 1030. The number of ketones is 1. The lowest BCUT2D eigenvalue weighted by atomic mass is 9.94. The van der Waals surface area contributed by atoms with Gasteiger partial charge in [0, 0.05) is 26.2 Å². The molecule has 1 N–H and O–H groups in total. The Balaban J connectivity index is 1.70. The molecule has 0 unspecified atom stereocenters. The maximum absolute atomic E-state index is 13.2. The van der Waals surface area contributed by atoms with Crippen LogP contribution < -0.4 is 9.47 Å². The maximum atomic E-state index is 13.2. The molecule has 33 heavy (non-hydrogen) atoms. The van der Waals surface area contributed by atoms with E-state index in [0.717, 1.165) is 13.1 Å². The normalized spacial score (nSPS) is 19.3. The third-order valence-corrected chi connectivity index (χ3v) is 5.86. The van der Waals surface area contributed by atoms with Crippen molar-refractivity contribution in [3.8, 4) is 11.5 Å². The Morgan fingerprint density at radius 3 is 2.64 bits per heavy atom. The van der Waals surface area contributed by atoms with Crippen molar-refractivity contribution in [3.63, 3.8) is 0 Å². The fourth-order valence-corrected chi connectivity index (χ4v) is 4.21. The number of methoxy groups -OCH3 is 1. The minimum atomic E-state index is -0.791. The molecule has 0 spiro atoms. The van der Waals surface area contributed by atoms with Crippen LogP contribution in [0, 0.1) is 0 Å². The van der Waals surface area contributed by atoms with Gasteiger partial charge in [-0.05, 0) is 36.8 Å². The molecule has 1 atom stereocenters. The van der Waals surface area contributed by atoms with Crippen molar-refractivity contribution in [2.45, 2.75) is 13.0 Å². The smallest absolute Gasteiger partial charge is 0.290 e. The van der Waals surface area contributed by atoms with Crippen LogP contribution in [0.2, 0.25) is 0 Å². The van der Waals surface area contributed by atoms with E-state index in [4.69, 9.17) is 18.6 Å². The van der Waals surface area contributed by atoms with Crippen molar-refractivity contribution in [1.29, 1.82) is 0 Å². The van der Waals surface area contributed by atoms with E-state index in [1.165, 1.54) is 24.3 Å². The third-order valence-electron chi connectivity index (χ3n) is 5.86. The van der Waals surface area contributed by atoms with Gasteiger partial charge >= 0.3 is 0 Å². The quantitative estimate of drug-likeness (QED) is 0.575. The third kappa shape index (κ3) is 4.60. The molecule has 0 radical (unpaired) electrons. The molecule has 1 aromatic heterocycles.